The number of nitrogens with zero attached hydrogens (tertiary/aromatic N) is 5. The minimum Gasteiger partial charge on any atom is -0.510 e. The molecular weight excluding hydrogens is 1060 g/mol. The van der Waals surface area contributed by atoms with Crippen LogP contribution in [0.3, 0.4) is 0 Å². The van der Waals surface area contributed by atoms with Gasteiger partial charge in [0.1, 0.15) is 5.82 Å². The summed E-state index contributed by atoms with van der Waals surface area (Å²) in [5.74, 6) is 1.39. The monoisotopic (exact) mass is 1120 g/mol. The second kappa shape index (κ2) is 18.8. The van der Waals surface area contributed by atoms with Gasteiger partial charge in [0.05, 0.1) is 38.7 Å². The molecule has 13 rings (SSSR count). The zero-order valence-electron chi connectivity index (χ0n) is 47.1. The fourth-order valence-corrected chi connectivity index (χ4v) is 10.3. The van der Waals surface area contributed by atoms with Gasteiger partial charge in [-0.1, -0.05) is 182 Å². The van der Waals surface area contributed by atoms with Crippen molar-refractivity contribution in [1.29, 1.82) is 0 Å². The Kier molecular flexibility index (Phi) is 9.55. The molecule has 6 nitrogen and oxygen atoms in total. The Hall–Kier alpha value is -8.31. The van der Waals surface area contributed by atoms with E-state index >= 15 is 0 Å². The van der Waals surface area contributed by atoms with E-state index in [0.29, 0.717) is 33.8 Å². The first-order valence-corrected chi connectivity index (χ1v) is 23.8. The maximum absolute atomic E-state index is 9.48. The SMILES string of the molecule is [2H]c1c([2H])c([2H])c2c(c1[2H])c1c([2H])c([2H])c([2H])c([2H])c1n2-c1cc(Oc2[c-]c(-n3[c-][n+](-c4c(-c5ccccc5)cccc4-c4ccccc4)c4ccccc43)ccc2)[c-]c2c1c1ccccc1n2-c1cc(C(CC)CC)ccn1.[Pt]. The van der Waals surface area contributed by atoms with Gasteiger partial charge in [-0.05, 0) is 93.6 Å². The maximum atomic E-state index is 9.48. The normalized spacial score (nSPS) is 13.2. The van der Waals surface area contributed by atoms with Gasteiger partial charge in [0.2, 0.25) is 0 Å². The standard InChI is InChI=1S/C65H47N5O.Pt/c1-3-44(4-2)47-37-38-66-63(39-47)70-58-34-16-13-29-55(58)64-61(69-56-32-14-11-27-53(56)54-28-12-15-33-57(54)69)41-50(42-62(64)70)71-49-26-19-25-48(40-49)67-43-68(60-36-18-17-35-59(60)67)65-51(45-21-7-5-8-22-45)30-20-31-52(65)46-23-9-6-10-24-46;/h5-39,41,44H,3-4H2,1-2H3;/q-2;/i11D,12D,14D,15D,27D,28D,32D,33D;. The number of fused-ring (bicyclic) bond motifs is 7. The Bertz CT molecular complexity index is 4480. The first-order valence-electron chi connectivity index (χ1n) is 27.8. The summed E-state index contributed by atoms with van der Waals surface area (Å²) in [6, 6.07) is 57.8. The number of ether oxygens (including phenoxy) is 1. The molecule has 0 atom stereocenters. The van der Waals surface area contributed by atoms with Crippen LogP contribution in [0.15, 0.2) is 218 Å². The van der Waals surface area contributed by atoms with Gasteiger partial charge in [-0.2, -0.15) is 12.1 Å². The minimum atomic E-state index is -0.523. The Morgan fingerprint density at radius 3 is 1.90 bits per heavy atom. The van der Waals surface area contributed by atoms with Crippen molar-refractivity contribution in [1.82, 2.24) is 18.7 Å². The van der Waals surface area contributed by atoms with Gasteiger partial charge in [-0.3, -0.25) is 4.57 Å². The van der Waals surface area contributed by atoms with Gasteiger partial charge in [-0.15, -0.1) is 24.3 Å². The Morgan fingerprint density at radius 1 is 0.583 bits per heavy atom. The molecule has 4 aromatic heterocycles. The smallest absolute Gasteiger partial charge is 0.268 e. The second-order valence-corrected chi connectivity index (χ2v) is 17.5. The molecule has 0 N–H and O–H groups in total. The summed E-state index contributed by atoms with van der Waals surface area (Å²) in [6.45, 7) is 4.34. The molecule has 4 heterocycles. The third-order valence-corrected chi connectivity index (χ3v) is 13.6. The van der Waals surface area contributed by atoms with Crippen LogP contribution in [-0.2, 0) is 21.1 Å². The first-order chi connectivity index (χ1) is 38.5. The molecule has 0 aliphatic carbocycles. The van der Waals surface area contributed by atoms with Crippen LogP contribution < -0.4 is 9.30 Å². The van der Waals surface area contributed by atoms with Crippen molar-refractivity contribution in [3.8, 4) is 56.6 Å². The second-order valence-electron chi connectivity index (χ2n) is 17.5. The van der Waals surface area contributed by atoms with Gasteiger partial charge in [0.15, 0.2) is 0 Å². The van der Waals surface area contributed by atoms with E-state index in [1.807, 2.05) is 106 Å². The van der Waals surface area contributed by atoms with Crippen LogP contribution in [0.4, 0.5) is 0 Å². The number of para-hydroxylation sites is 6. The van der Waals surface area contributed by atoms with E-state index < -0.39 is 48.3 Å². The molecular formula is C65H47N5OPt-2. The molecule has 0 aliphatic heterocycles. The summed E-state index contributed by atoms with van der Waals surface area (Å²) in [6.07, 6.45) is 7.37. The predicted molar refractivity (Wildman–Crippen MR) is 288 cm³/mol. The summed E-state index contributed by atoms with van der Waals surface area (Å²) in [4.78, 5) is 4.95. The average molecular weight is 1120 g/mol. The molecule has 0 saturated carbocycles. The summed E-state index contributed by atoms with van der Waals surface area (Å²) in [5, 5.41) is 1.26. The number of hydrogen-bond acceptors (Lipinski definition) is 2. The summed E-state index contributed by atoms with van der Waals surface area (Å²) in [7, 11) is 0. The molecule has 0 unspecified atom stereocenters. The van der Waals surface area contributed by atoms with Crippen LogP contribution >= 0.6 is 0 Å². The molecule has 350 valence electrons. The van der Waals surface area contributed by atoms with Crippen molar-refractivity contribution in [3.63, 3.8) is 0 Å². The Balaban J connectivity index is 0.00000637. The molecule has 0 fully saturated rings. The van der Waals surface area contributed by atoms with Crippen molar-refractivity contribution >= 4 is 54.6 Å². The Morgan fingerprint density at radius 2 is 1.21 bits per heavy atom. The molecule has 13 aromatic rings. The molecule has 0 radical (unpaired) electrons. The number of benzene rings is 9. The van der Waals surface area contributed by atoms with E-state index in [1.165, 1.54) is 0 Å². The number of imidazole rings is 1. The van der Waals surface area contributed by atoms with Gasteiger partial charge >= 0.3 is 0 Å². The van der Waals surface area contributed by atoms with E-state index in [4.69, 9.17) is 15.2 Å². The molecule has 9 aromatic carbocycles. The van der Waals surface area contributed by atoms with Crippen LogP contribution in [0.1, 0.15) is 49.1 Å². The van der Waals surface area contributed by atoms with E-state index in [9.17, 15) is 5.48 Å². The largest absolute Gasteiger partial charge is 0.510 e. The third kappa shape index (κ3) is 7.53. The van der Waals surface area contributed by atoms with E-state index in [2.05, 4.69) is 91.5 Å². The fraction of sp³-hybridized carbons (Fsp3) is 0.0769. The topological polar surface area (TPSA) is 40.8 Å². The van der Waals surface area contributed by atoms with Crippen LogP contribution in [0.2, 0.25) is 0 Å². The van der Waals surface area contributed by atoms with E-state index in [1.54, 1.807) is 22.9 Å². The van der Waals surface area contributed by atoms with Crippen LogP contribution in [-0.4, -0.2) is 18.7 Å². The third-order valence-electron chi connectivity index (χ3n) is 13.6. The molecule has 72 heavy (non-hydrogen) atoms. The quantitative estimate of drug-likeness (QED) is 0.0957. The zero-order valence-corrected chi connectivity index (χ0v) is 41.4. The first kappa shape index (κ1) is 36.6. The number of hydrogen-bond donors (Lipinski definition) is 0. The number of rotatable bonds is 11. The van der Waals surface area contributed by atoms with Gasteiger partial charge in [-0.25, -0.2) is 4.98 Å². The molecule has 0 aliphatic rings. The maximum Gasteiger partial charge on any atom is 0.268 e. The van der Waals surface area contributed by atoms with Gasteiger partial charge < -0.3 is 18.4 Å². The van der Waals surface area contributed by atoms with Crippen LogP contribution in [0, 0.1) is 18.5 Å². The van der Waals surface area contributed by atoms with Crippen LogP contribution in [0.25, 0.3) is 99.8 Å². The summed E-state index contributed by atoms with van der Waals surface area (Å²) < 4.78 is 87.4. The average Bonchev–Trinajstić information content (AvgIpc) is 4.32. The minimum absolute atomic E-state index is 0. The predicted octanol–water partition coefficient (Wildman–Crippen LogP) is 15.9. The zero-order chi connectivity index (χ0) is 54.4. The molecule has 0 spiro atoms. The van der Waals surface area contributed by atoms with E-state index in [0.717, 1.165) is 68.3 Å². The van der Waals surface area contributed by atoms with Crippen molar-refractivity contribution in [3.05, 3.63) is 242 Å². The Labute approximate surface area is 444 Å². The molecule has 0 amide bonds. The fourth-order valence-electron chi connectivity index (χ4n) is 10.3. The van der Waals surface area contributed by atoms with Crippen molar-refractivity contribution in [2.24, 2.45) is 0 Å². The molecule has 0 bridgehead atoms. The van der Waals surface area contributed by atoms with E-state index in [-0.39, 0.29) is 54.5 Å². The summed E-state index contributed by atoms with van der Waals surface area (Å²) in [5.41, 5.74) is 10.2. The van der Waals surface area contributed by atoms with Crippen LogP contribution in [0.5, 0.6) is 11.5 Å². The molecule has 7 heteroatoms. The van der Waals surface area contributed by atoms with Crippen molar-refractivity contribution in [2.75, 3.05) is 0 Å². The van der Waals surface area contributed by atoms with Gasteiger partial charge in [0, 0.05) is 55.1 Å². The number of pyridine rings is 1. The molecule has 0 saturated heterocycles. The summed E-state index contributed by atoms with van der Waals surface area (Å²) >= 11 is 0. The number of aromatic nitrogens is 5. The van der Waals surface area contributed by atoms with Crippen molar-refractivity contribution in [2.45, 2.75) is 32.6 Å². The van der Waals surface area contributed by atoms with Crippen molar-refractivity contribution < 1.29 is 41.3 Å². The van der Waals surface area contributed by atoms with Gasteiger partial charge in [0.25, 0.3) is 6.33 Å².